The van der Waals surface area contributed by atoms with Crippen molar-refractivity contribution in [2.45, 2.75) is 6.54 Å². The fraction of sp³-hybridized carbons (Fsp3) is 0.154. The Labute approximate surface area is 125 Å². The summed E-state index contributed by atoms with van der Waals surface area (Å²) in [6.45, 7) is 0.563. The van der Waals surface area contributed by atoms with Crippen molar-refractivity contribution in [3.63, 3.8) is 0 Å². The van der Waals surface area contributed by atoms with Gasteiger partial charge in [-0.15, -0.1) is 0 Å². The summed E-state index contributed by atoms with van der Waals surface area (Å²) >= 11 is 1.58. The van der Waals surface area contributed by atoms with E-state index in [9.17, 15) is 10.1 Å². The third kappa shape index (κ3) is 3.29. The zero-order chi connectivity index (χ0) is 15.4. The highest BCUT2D eigenvalue weighted by Gasteiger charge is 2.19. The molecule has 21 heavy (non-hydrogen) atoms. The van der Waals surface area contributed by atoms with Crippen LogP contribution in [0.25, 0.3) is 0 Å². The predicted octanol–water partition coefficient (Wildman–Crippen LogP) is 2.39. The molecule has 0 spiro atoms. The lowest BCUT2D eigenvalue weighted by Crippen LogP contribution is -2.19. The van der Waals surface area contributed by atoms with Gasteiger partial charge in [-0.25, -0.2) is 0 Å². The van der Waals surface area contributed by atoms with Crippen LogP contribution in [0.3, 0.4) is 0 Å². The Morgan fingerprint density at radius 1 is 1.52 bits per heavy atom. The molecule has 0 saturated heterocycles. The summed E-state index contributed by atoms with van der Waals surface area (Å²) in [4.78, 5) is 12.5. The topological polar surface area (TPSA) is 105 Å². The summed E-state index contributed by atoms with van der Waals surface area (Å²) in [7, 11) is 1.78. The molecule has 8 heteroatoms. The summed E-state index contributed by atoms with van der Waals surface area (Å²) in [5, 5.41) is 26.7. The van der Waals surface area contributed by atoms with Crippen molar-refractivity contribution in [3.8, 4) is 0 Å². The molecule has 1 aromatic carbocycles. The van der Waals surface area contributed by atoms with Crippen molar-refractivity contribution in [3.05, 3.63) is 56.3 Å². The molecule has 0 saturated carbocycles. The molecule has 2 rings (SSSR count). The first-order valence-corrected chi connectivity index (χ1v) is 6.95. The number of oxime groups is 1. The quantitative estimate of drug-likeness (QED) is 0.290. The van der Waals surface area contributed by atoms with Gasteiger partial charge < -0.3 is 15.8 Å². The van der Waals surface area contributed by atoms with E-state index in [2.05, 4.69) is 5.16 Å². The molecule has 0 aliphatic rings. The minimum absolute atomic E-state index is 0.0863. The Morgan fingerprint density at radius 2 is 2.29 bits per heavy atom. The highest BCUT2D eigenvalue weighted by atomic mass is 32.1. The maximum Gasteiger partial charge on any atom is 0.293 e. The van der Waals surface area contributed by atoms with Crippen molar-refractivity contribution in [2.24, 2.45) is 10.9 Å². The number of thiophene rings is 1. The Morgan fingerprint density at radius 3 is 2.86 bits per heavy atom. The highest BCUT2D eigenvalue weighted by Crippen LogP contribution is 2.29. The molecule has 0 aliphatic heterocycles. The SMILES string of the molecule is CN(Cc1ccsc1)c1ccc(C(N)=NO)cc1[N+](=O)[O-]. The molecule has 0 fully saturated rings. The number of hydrogen-bond acceptors (Lipinski definition) is 6. The smallest absolute Gasteiger partial charge is 0.293 e. The fourth-order valence-corrected chi connectivity index (χ4v) is 2.61. The van der Waals surface area contributed by atoms with Gasteiger partial charge in [-0.2, -0.15) is 11.3 Å². The molecule has 1 heterocycles. The first kappa shape index (κ1) is 14.8. The second kappa shape index (κ2) is 6.23. The van der Waals surface area contributed by atoms with E-state index in [-0.39, 0.29) is 11.5 Å². The van der Waals surface area contributed by atoms with Crippen LogP contribution in [0, 0.1) is 10.1 Å². The van der Waals surface area contributed by atoms with Gasteiger partial charge in [0.1, 0.15) is 5.69 Å². The first-order valence-electron chi connectivity index (χ1n) is 6.01. The molecule has 2 aromatic rings. The minimum atomic E-state index is -0.479. The molecule has 110 valence electrons. The van der Waals surface area contributed by atoms with Crippen LogP contribution in [0.2, 0.25) is 0 Å². The van der Waals surface area contributed by atoms with Crippen LogP contribution in [0.1, 0.15) is 11.1 Å². The second-order valence-electron chi connectivity index (χ2n) is 4.43. The number of benzene rings is 1. The summed E-state index contributed by atoms with van der Waals surface area (Å²) in [5.41, 5.74) is 7.23. The maximum absolute atomic E-state index is 11.2. The van der Waals surface area contributed by atoms with Crippen molar-refractivity contribution in [2.75, 3.05) is 11.9 Å². The van der Waals surface area contributed by atoms with E-state index in [4.69, 9.17) is 10.9 Å². The molecule has 0 amide bonds. The molecular formula is C13H14N4O3S. The number of rotatable bonds is 5. The number of nitro benzene ring substituents is 1. The van der Waals surface area contributed by atoms with Crippen molar-refractivity contribution >= 4 is 28.5 Å². The van der Waals surface area contributed by atoms with Gasteiger partial charge in [-0.3, -0.25) is 10.1 Å². The molecule has 3 N–H and O–H groups in total. The van der Waals surface area contributed by atoms with Crippen LogP contribution in [0.15, 0.2) is 40.2 Å². The highest BCUT2D eigenvalue weighted by molar-refractivity contribution is 7.07. The van der Waals surface area contributed by atoms with Gasteiger partial charge in [-0.1, -0.05) is 5.16 Å². The number of nitrogens with zero attached hydrogens (tertiary/aromatic N) is 3. The Bertz CT molecular complexity index is 670. The Hall–Kier alpha value is -2.61. The number of nitrogens with two attached hydrogens (primary N) is 1. The van der Waals surface area contributed by atoms with Gasteiger partial charge in [-0.05, 0) is 34.5 Å². The van der Waals surface area contributed by atoms with E-state index in [1.807, 2.05) is 16.8 Å². The van der Waals surface area contributed by atoms with Crippen molar-refractivity contribution < 1.29 is 10.1 Å². The summed E-state index contributed by atoms with van der Waals surface area (Å²) < 4.78 is 0. The normalized spacial score (nSPS) is 11.4. The number of hydrogen-bond donors (Lipinski definition) is 2. The minimum Gasteiger partial charge on any atom is -0.409 e. The standard InChI is InChI=1S/C13H14N4O3S/c1-16(7-9-4-5-21-8-9)11-3-2-10(13(14)15-18)6-12(11)17(19)20/h2-6,8,18H,7H2,1H3,(H2,14,15). The lowest BCUT2D eigenvalue weighted by molar-refractivity contribution is -0.384. The van der Waals surface area contributed by atoms with Gasteiger partial charge in [0, 0.05) is 25.2 Å². The number of nitro groups is 1. The molecule has 0 bridgehead atoms. The third-order valence-electron chi connectivity index (χ3n) is 2.99. The van der Waals surface area contributed by atoms with E-state index in [0.717, 1.165) is 5.56 Å². The average Bonchev–Trinajstić information content (AvgIpc) is 2.98. The second-order valence-corrected chi connectivity index (χ2v) is 5.21. The fourth-order valence-electron chi connectivity index (χ4n) is 1.95. The van der Waals surface area contributed by atoms with E-state index in [1.165, 1.54) is 6.07 Å². The predicted molar refractivity (Wildman–Crippen MR) is 82.0 cm³/mol. The van der Waals surface area contributed by atoms with Gasteiger partial charge in [0.25, 0.3) is 5.69 Å². The Kier molecular flexibility index (Phi) is 4.39. The van der Waals surface area contributed by atoms with Crippen LogP contribution in [-0.4, -0.2) is 23.0 Å². The first-order chi connectivity index (χ1) is 10.0. The summed E-state index contributed by atoms with van der Waals surface area (Å²) in [6.07, 6.45) is 0. The lowest BCUT2D eigenvalue weighted by Gasteiger charge is -2.19. The van der Waals surface area contributed by atoms with E-state index < -0.39 is 4.92 Å². The van der Waals surface area contributed by atoms with Crippen LogP contribution in [0.5, 0.6) is 0 Å². The zero-order valence-corrected chi connectivity index (χ0v) is 12.1. The van der Waals surface area contributed by atoms with E-state index in [0.29, 0.717) is 17.8 Å². The number of anilines is 1. The van der Waals surface area contributed by atoms with E-state index in [1.54, 1.807) is 35.4 Å². The van der Waals surface area contributed by atoms with E-state index >= 15 is 0 Å². The van der Waals surface area contributed by atoms with Crippen molar-refractivity contribution in [1.82, 2.24) is 0 Å². The van der Waals surface area contributed by atoms with Crippen LogP contribution in [-0.2, 0) is 6.54 Å². The molecule has 7 nitrogen and oxygen atoms in total. The Balaban J connectivity index is 2.36. The molecule has 0 aliphatic carbocycles. The number of amidine groups is 1. The molecule has 0 radical (unpaired) electrons. The monoisotopic (exact) mass is 306 g/mol. The zero-order valence-electron chi connectivity index (χ0n) is 11.3. The molecule has 0 atom stereocenters. The van der Waals surface area contributed by atoms with Gasteiger partial charge in [0.15, 0.2) is 5.84 Å². The molecule has 1 aromatic heterocycles. The van der Waals surface area contributed by atoms with Gasteiger partial charge in [0.2, 0.25) is 0 Å². The largest absolute Gasteiger partial charge is 0.409 e. The molecule has 0 unspecified atom stereocenters. The van der Waals surface area contributed by atoms with Gasteiger partial charge >= 0.3 is 0 Å². The van der Waals surface area contributed by atoms with Crippen molar-refractivity contribution in [1.29, 1.82) is 0 Å². The van der Waals surface area contributed by atoms with Crippen LogP contribution in [0.4, 0.5) is 11.4 Å². The van der Waals surface area contributed by atoms with Crippen LogP contribution >= 0.6 is 11.3 Å². The lowest BCUT2D eigenvalue weighted by atomic mass is 10.1. The van der Waals surface area contributed by atoms with Crippen LogP contribution < -0.4 is 10.6 Å². The summed E-state index contributed by atoms with van der Waals surface area (Å²) in [6, 6.07) is 6.45. The van der Waals surface area contributed by atoms with Gasteiger partial charge in [0.05, 0.1) is 4.92 Å². The summed E-state index contributed by atoms with van der Waals surface area (Å²) in [5.74, 6) is -0.162. The maximum atomic E-state index is 11.2. The average molecular weight is 306 g/mol. The molecular weight excluding hydrogens is 292 g/mol. The third-order valence-corrected chi connectivity index (χ3v) is 3.72.